The Bertz CT molecular complexity index is 486. The van der Waals surface area contributed by atoms with E-state index in [1.807, 2.05) is 30.3 Å². The molecule has 0 aliphatic rings. The fourth-order valence-electron chi connectivity index (χ4n) is 1.19. The van der Waals surface area contributed by atoms with E-state index in [-0.39, 0.29) is 0 Å². The molecule has 0 fully saturated rings. The van der Waals surface area contributed by atoms with E-state index in [0.717, 1.165) is 5.69 Å². The minimum Gasteiger partial charge on any atom is -0.339 e. The number of benzene rings is 1. The Labute approximate surface area is 88.2 Å². The van der Waals surface area contributed by atoms with Gasteiger partial charge in [-0.25, -0.2) is 9.97 Å². The highest BCUT2D eigenvalue weighted by Gasteiger charge is 2.00. The standard InChI is InChI=1S/C12H9N3/c1-2-10-8-13-9-14-12(10)15-11-6-4-3-5-7-11/h1,3-9H,(H,13,14,15). The summed E-state index contributed by atoms with van der Waals surface area (Å²) in [6, 6.07) is 9.73. The molecule has 1 aromatic carbocycles. The van der Waals surface area contributed by atoms with Crippen LogP contribution in [0.2, 0.25) is 0 Å². The zero-order valence-corrected chi connectivity index (χ0v) is 8.01. The third-order valence-electron chi connectivity index (χ3n) is 1.90. The molecule has 72 valence electrons. The van der Waals surface area contributed by atoms with Crippen molar-refractivity contribution in [3.05, 3.63) is 48.4 Å². The fraction of sp³-hybridized carbons (Fsp3) is 0. The summed E-state index contributed by atoms with van der Waals surface area (Å²) in [7, 11) is 0. The first kappa shape index (κ1) is 9.22. The molecule has 0 amide bonds. The summed E-state index contributed by atoms with van der Waals surface area (Å²) in [5.74, 6) is 3.18. The molecule has 15 heavy (non-hydrogen) atoms. The molecule has 0 aliphatic heterocycles. The Hall–Kier alpha value is -2.34. The molecule has 1 N–H and O–H groups in total. The predicted molar refractivity (Wildman–Crippen MR) is 59.7 cm³/mol. The quantitative estimate of drug-likeness (QED) is 0.746. The van der Waals surface area contributed by atoms with Crippen molar-refractivity contribution in [2.45, 2.75) is 0 Å². The average molecular weight is 195 g/mol. The summed E-state index contributed by atoms with van der Waals surface area (Å²) >= 11 is 0. The van der Waals surface area contributed by atoms with Crippen LogP contribution in [0.15, 0.2) is 42.9 Å². The molecule has 0 saturated carbocycles. The van der Waals surface area contributed by atoms with Crippen molar-refractivity contribution in [2.75, 3.05) is 5.32 Å². The van der Waals surface area contributed by atoms with Crippen LogP contribution in [0.3, 0.4) is 0 Å². The highest BCUT2D eigenvalue weighted by molar-refractivity contribution is 5.62. The Morgan fingerprint density at radius 3 is 2.73 bits per heavy atom. The first-order valence-corrected chi connectivity index (χ1v) is 4.49. The number of hydrogen-bond donors (Lipinski definition) is 1. The molecule has 0 bridgehead atoms. The fourth-order valence-corrected chi connectivity index (χ4v) is 1.19. The number of hydrogen-bond acceptors (Lipinski definition) is 3. The zero-order valence-electron chi connectivity index (χ0n) is 8.01. The van der Waals surface area contributed by atoms with Gasteiger partial charge in [0.15, 0.2) is 0 Å². The van der Waals surface area contributed by atoms with Gasteiger partial charge in [-0.1, -0.05) is 24.1 Å². The molecule has 0 unspecified atom stereocenters. The maximum absolute atomic E-state index is 5.33. The summed E-state index contributed by atoms with van der Waals surface area (Å²) in [6.07, 6.45) is 8.41. The van der Waals surface area contributed by atoms with Gasteiger partial charge >= 0.3 is 0 Å². The van der Waals surface area contributed by atoms with Crippen LogP contribution in [0.25, 0.3) is 0 Å². The van der Waals surface area contributed by atoms with Gasteiger partial charge in [0, 0.05) is 11.9 Å². The number of para-hydroxylation sites is 1. The minimum absolute atomic E-state index is 0.652. The van der Waals surface area contributed by atoms with Crippen molar-refractivity contribution < 1.29 is 0 Å². The molecule has 2 rings (SSSR count). The topological polar surface area (TPSA) is 37.8 Å². The van der Waals surface area contributed by atoms with Crippen molar-refractivity contribution in [3.8, 4) is 12.3 Å². The van der Waals surface area contributed by atoms with Gasteiger partial charge < -0.3 is 5.32 Å². The lowest BCUT2D eigenvalue weighted by molar-refractivity contribution is 1.16. The van der Waals surface area contributed by atoms with E-state index in [1.165, 1.54) is 6.33 Å². The zero-order chi connectivity index (χ0) is 10.5. The molecule has 1 aromatic heterocycles. The smallest absolute Gasteiger partial charge is 0.149 e. The number of nitrogens with one attached hydrogen (secondary N) is 1. The minimum atomic E-state index is 0.652. The van der Waals surface area contributed by atoms with Crippen molar-refractivity contribution in [2.24, 2.45) is 0 Å². The largest absolute Gasteiger partial charge is 0.339 e. The van der Waals surface area contributed by atoms with E-state index in [4.69, 9.17) is 6.42 Å². The molecule has 0 aliphatic carbocycles. The predicted octanol–water partition coefficient (Wildman–Crippen LogP) is 2.20. The summed E-state index contributed by atoms with van der Waals surface area (Å²) in [5, 5.41) is 3.13. The summed E-state index contributed by atoms with van der Waals surface area (Å²) in [5.41, 5.74) is 1.61. The van der Waals surface area contributed by atoms with Gasteiger partial charge in [0.25, 0.3) is 0 Å². The average Bonchev–Trinajstić information content (AvgIpc) is 2.31. The van der Waals surface area contributed by atoms with Gasteiger partial charge in [0.2, 0.25) is 0 Å². The molecule has 0 spiro atoms. The number of terminal acetylenes is 1. The number of rotatable bonds is 2. The number of aromatic nitrogens is 2. The van der Waals surface area contributed by atoms with Crippen LogP contribution >= 0.6 is 0 Å². The lowest BCUT2D eigenvalue weighted by Gasteiger charge is -2.05. The highest BCUT2D eigenvalue weighted by Crippen LogP contribution is 2.15. The van der Waals surface area contributed by atoms with Gasteiger partial charge in [-0.2, -0.15) is 0 Å². The van der Waals surface area contributed by atoms with Crippen LogP contribution in [0.5, 0.6) is 0 Å². The first-order valence-electron chi connectivity index (χ1n) is 4.49. The monoisotopic (exact) mass is 195 g/mol. The van der Waals surface area contributed by atoms with E-state index < -0.39 is 0 Å². The molecule has 3 nitrogen and oxygen atoms in total. The lowest BCUT2D eigenvalue weighted by Crippen LogP contribution is -1.96. The van der Waals surface area contributed by atoms with Gasteiger partial charge in [-0.05, 0) is 12.1 Å². The van der Waals surface area contributed by atoms with Crippen LogP contribution in [-0.4, -0.2) is 9.97 Å². The van der Waals surface area contributed by atoms with Crippen LogP contribution in [0.1, 0.15) is 5.56 Å². The summed E-state index contributed by atoms with van der Waals surface area (Å²) in [6.45, 7) is 0. The van der Waals surface area contributed by atoms with Crippen molar-refractivity contribution in [1.29, 1.82) is 0 Å². The Morgan fingerprint density at radius 2 is 2.00 bits per heavy atom. The molecule has 3 heteroatoms. The van der Waals surface area contributed by atoms with E-state index in [0.29, 0.717) is 11.4 Å². The molecule has 2 aromatic rings. The van der Waals surface area contributed by atoms with Crippen LogP contribution < -0.4 is 5.32 Å². The van der Waals surface area contributed by atoms with Gasteiger partial charge in [-0.15, -0.1) is 6.42 Å². The SMILES string of the molecule is C#Cc1cncnc1Nc1ccccc1. The van der Waals surface area contributed by atoms with Crippen molar-refractivity contribution in [3.63, 3.8) is 0 Å². The third-order valence-corrected chi connectivity index (χ3v) is 1.90. The van der Waals surface area contributed by atoms with Gasteiger partial charge in [0.05, 0.1) is 5.56 Å². The van der Waals surface area contributed by atoms with Crippen molar-refractivity contribution in [1.82, 2.24) is 9.97 Å². The van der Waals surface area contributed by atoms with Crippen LogP contribution in [-0.2, 0) is 0 Å². The van der Waals surface area contributed by atoms with E-state index in [2.05, 4.69) is 21.2 Å². The maximum atomic E-state index is 5.33. The molecule has 0 saturated heterocycles. The number of anilines is 2. The van der Waals surface area contributed by atoms with Crippen LogP contribution in [0, 0.1) is 12.3 Å². The van der Waals surface area contributed by atoms with E-state index in [1.54, 1.807) is 6.20 Å². The second-order valence-corrected chi connectivity index (χ2v) is 2.92. The second kappa shape index (κ2) is 4.25. The molecular formula is C12H9N3. The van der Waals surface area contributed by atoms with E-state index in [9.17, 15) is 0 Å². The highest BCUT2D eigenvalue weighted by atomic mass is 15.0. The Kier molecular flexibility index (Phi) is 2.61. The molecule has 1 heterocycles. The first-order chi connectivity index (χ1) is 7.40. The van der Waals surface area contributed by atoms with Crippen molar-refractivity contribution >= 4 is 11.5 Å². The van der Waals surface area contributed by atoms with Crippen LogP contribution in [0.4, 0.5) is 11.5 Å². The normalized spacial score (nSPS) is 9.27. The Morgan fingerprint density at radius 1 is 1.20 bits per heavy atom. The second-order valence-electron chi connectivity index (χ2n) is 2.92. The number of nitrogens with zero attached hydrogens (tertiary/aromatic N) is 2. The maximum Gasteiger partial charge on any atom is 0.149 e. The van der Waals surface area contributed by atoms with Gasteiger partial charge in [0.1, 0.15) is 12.1 Å². The van der Waals surface area contributed by atoms with Gasteiger partial charge in [-0.3, -0.25) is 0 Å². The summed E-state index contributed by atoms with van der Waals surface area (Å²) < 4.78 is 0. The molecular weight excluding hydrogens is 186 g/mol. The summed E-state index contributed by atoms with van der Waals surface area (Å²) in [4.78, 5) is 7.94. The molecule has 0 radical (unpaired) electrons. The third kappa shape index (κ3) is 2.12. The van der Waals surface area contributed by atoms with E-state index >= 15 is 0 Å². The Balaban J connectivity index is 2.29. The molecule has 0 atom stereocenters. The lowest BCUT2D eigenvalue weighted by atomic mass is 10.3.